The van der Waals surface area contributed by atoms with Crippen LogP contribution in [0.4, 0.5) is 4.79 Å². The van der Waals surface area contributed by atoms with Crippen molar-refractivity contribution in [3.05, 3.63) is 0 Å². The molecule has 2 amide bonds. The van der Waals surface area contributed by atoms with Crippen LogP contribution in [0.3, 0.4) is 0 Å². The van der Waals surface area contributed by atoms with Crippen molar-refractivity contribution in [1.29, 1.82) is 0 Å². The van der Waals surface area contributed by atoms with Crippen LogP contribution in [0.15, 0.2) is 0 Å². The molecular formula is C15H28N2O3. The maximum Gasteiger partial charge on any atom is 0.315 e. The van der Waals surface area contributed by atoms with Crippen molar-refractivity contribution in [2.75, 3.05) is 6.54 Å². The third-order valence-electron chi connectivity index (χ3n) is 4.41. The Bertz CT molecular complexity index is 336. The van der Waals surface area contributed by atoms with E-state index in [2.05, 4.69) is 24.5 Å². The van der Waals surface area contributed by atoms with E-state index >= 15 is 0 Å². The van der Waals surface area contributed by atoms with Gasteiger partial charge in [-0.1, -0.05) is 40.0 Å². The normalized spacial score (nSPS) is 19.4. The van der Waals surface area contributed by atoms with Crippen LogP contribution in [0.2, 0.25) is 0 Å². The highest BCUT2D eigenvalue weighted by Crippen LogP contribution is 2.35. The Hall–Kier alpha value is -1.26. The fourth-order valence-electron chi connectivity index (χ4n) is 2.90. The van der Waals surface area contributed by atoms with Crippen molar-refractivity contribution in [3.63, 3.8) is 0 Å². The molecule has 1 atom stereocenters. The van der Waals surface area contributed by atoms with Gasteiger partial charge in [-0.05, 0) is 25.2 Å². The first-order chi connectivity index (χ1) is 9.41. The average Bonchev–Trinajstić information content (AvgIpc) is 2.43. The lowest BCUT2D eigenvalue weighted by Crippen LogP contribution is -2.50. The van der Waals surface area contributed by atoms with E-state index in [1.165, 1.54) is 0 Å². The largest absolute Gasteiger partial charge is 0.481 e. The molecule has 1 aliphatic rings. The summed E-state index contributed by atoms with van der Waals surface area (Å²) in [5.74, 6) is -0.415. The summed E-state index contributed by atoms with van der Waals surface area (Å²) in [6.45, 7) is 6.39. The Labute approximate surface area is 121 Å². The van der Waals surface area contributed by atoms with Gasteiger partial charge in [0.15, 0.2) is 0 Å². The van der Waals surface area contributed by atoms with Crippen molar-refractivity contribution < 1.29 is 14.7 Å². The first-order valence-corrected chi connectivity index (χ1v) is 7.69. The van der Waals surface area contributed by atoms with Crippen molar-refractivity contribution in [3.8, 4) is 0 Å². The first kappa shape index (κ1) is 16.8. The van der Waals surface area contributed by atoms with Gasteiger partial charge in [0.25, 0.3) is 0 Å². The topological polar surface area (TPSA) is 78.4 Å². The van der Waals surface area contributed by atoms with E-state index in [4.69, 9.17) is 0 Å². The minimum atomic E-state index is -0.784. The van der Waals surface area contributed by atoms with Gasteiger partial charge in [-0.15, -0.1) is 0 Å². The highest BCUT2D eigenvalue weighted by Gasteiger charge is 2.39. The molecule has 0 saturated heterocycles. The predicted molar refractivity (Wildman–Crippen MR) is 78.6 cm³/mol. The second kappa shape index (κ2) is 7.50. The molecule has 0 radical (unpaired) electrons. The van der Waals surface area contributed by atoms with Gasteiger partial charge in [-0.3, -0.25) is 4.79 Å². The maximum atomic E-state index is 11.9. The summed E-state index contributed by atoms with van der Waals surface area (Å²) < 4.78 is 0. The van der Waals surface area contributed by atoms with Crippen LogP contribution in [0, 0.1) is 11.3 Å². The number of hydrogen-bond donors (Lipinski definition) is 3. The number of amides is 2. The average molecular weight is 284 g/mol. The lowest BCUT2D eigenvalue weighted by molar-refractivity contribution is -0.150. The van der Waals surface area contributed by atoms with Gasteiger partial charge in [-0.25, -0.2) is 4.79 Å². The van der Waals surface area contributed by atoms with Crippen LogP contribution < -0.4 is 10.6 Å². The van der Waals surface area contributed by atoms with Gasteiger partial charge in [0, 0.05) is 12.6 Å². The van der Waals surface area contributed by atoms with E-state index in [-0.39, 0.29) is 18.6 Å². The van der Waals surface area contributed by atoms with Crippen molar-refractivity contribution in [2.24, 2.45) is 11.3 Å². The zero-order valence-corrected chi connectivity index (χ0v) is 12.9. The molecule has 1 fully saturated rings. The number of carbonyl (C=O) groups excluding carboxylic acids is 1. The minimum Gasteiger partial charge on any atom is -0.481 e. The third kappa shape index (κ3) is 4.39. The molecular weight excluding hydrogens is 256 g/mol. The van der Waals surface area contributed by atoms with Gasteiger partial charge in [0.1, 0.15) is 0 Å². The molecule has 0 heterocycles. The number of carbonyl (C=O) groups is 2. The lowest BCUT2D eigenvalue weighted by atomic mass is 9.74. The SMILES string of the molecule is CCC(NC(=O)NCC1(C(=O)O)CCCCC1)C(C)C. The summed E-state index contributed by atoms with van der Waals surface area (Å²) in [4.78, 5) is 23.4. The Kier molecular flexibility index (Phi) is 6.30. The fraction of sp³-hybridized carbons (Fsp3) is 0.867. The van der Waals surface area contributed by atoms with Crippen LogP contribution >= 0.6 is 0 Å². The number of rotatable bonds is 6. The van der Waals surface area contributed by atoms with Crippen LogP contribution in [0.1, 0.15) is 59.3 Å². The molecule has 1 aliphatic carbocycles. The van der Waals surface area contributed by atoms with E-state index in [9.17, 15) is 14.7 Å². The minimum absolute atomic E-state index is 0.127. The Balaban J connectivity index is 2.51. The van der Waals surface area contributed by atoms with E-state index in [0.29, 0.717) is 18.8 Å². The first-order valence-electron chi connectivity index (χ1n) is 7.69. The molecule has 0 aliphatic heterocycles. The number of hydrogen-bond acceptors (Lipinski definition) is 2. The molecule has 1 unspecified atom stereocenters. The molecule has 0 aromatic heterocycles. The van der Waals surface area contributed by atoms with E-state index in [1.807, 2.05) is 6.92 Å². The van der Waals surface area contributed by atoms with Gasteiger partial charge < -0.3 is 15.7 Å². The van der Waals surface area contributed by atoms with Crippen molar-refractivity contribution in [2.45, 2.75) is 65.3 Å². The number of carboxylic acids is 1. The molecule has 116 valence electrons. The summed E-state index contributed by atoms with van der Waals surface area (Å²) in [7, 11) is 0. The molecule has 0 aromatic rings. The van der Waals surface area contributed by atoms with Gasteiger partial charge >= 0.3 is 12.0 Å². The van der Waals surface area contributed by atoms with E-state index < -0.39 is 11.4 Å². The second-order valence-corrected chi connectivity index (χ2v) is 6.23. The maximum absolute atomic E-state index is 11.9. The van der Waals surface area contributed by atoms with Gasteiger partial charge in [0.05, 0.1) is 5.41 Å². The standard InChI is InChI=1S/C15H28N2O3/c1-4-12(11(2)3)17-14(20)16-10-15(13(18)19)8-6-5-7-9-15/h11-12H,4-10H2,1-3H3,(H,18,19)(H2,16,17,20). The summed E-state index contributed by atoms with van der Waals surface area (Å²) >= 11 is 0. The molecule has 5 heteroatoms. The van der Waals surface area contributed by atoms with Crippen molar-refractivity contribution >= 4 is 12.0 Å². The number of urea groups is 1. The summed E-state index contributed by atoms with van der Waals surface area (Å²) in [5.41, 5.74) is -0.769. The number of carboxylic acid groups (broad SMARTS) is 1. The smallest absolute Gasteiger partial charge is 0.315 e. The van der Waals surface area contributed by atoms with Crippen LogP contribution in [-0.2, 0) is 4.79 Å². The molecule has 0 spiro atoms. The Morgan fingerprint density at radius 2 is 1.80 bits per heavy atom. The van der Waals surface area contributed by atoms with Gasteiger partial charge in [-0.2, -0.15) is 0 Å². The highest BCUT2D eigenvalue weighted by molar-refractivity contribution is 5.78. The lowest BCUT2D eigenvalue weighted by Gasteiger charge is -2.33. The molecule has 1 rings (SSSR count). The molecule has 0 aromatic carbocycles. The molecule has 20 heavy (non-hydrogen) atoms. The monoisotopic (exact) mass is 284 g/mol. The molecule has 1 saturated carbocycles. The van der Waals surface area contributed by atoms with Gasteiger partial charge in [0.2, 0.25) is 0 Å². The Morgan fingerprint density at radius 1 is 1.20 bits per heavy atom. The Morgan fingerprint density at radius 3 is 2.25 bits per heavy atom. The summed E-state index contributed by atoms with van der Waals surface area (Å²) in [6.07, 6.45) is 5.13. The van der Waals surface area contributed by atoms with Crippen LogP contribution in [0.5, 0.6) is 0 Å². The summed E-state index contributed by atoms with van der Waals surface area (Å²) in [6, 6.07) is -0.126. The number of nitrogens with one attached hydrogen (secondary N) is 2. The second-order valence-electron chi connectivity index (χ2n) is 6.23. The molecule has 3 N–H and O–H groups in total. The third-order valence-corrected chi connectivity index (χ3v) is 4.41. The van der Waals surface area contributed by atoms with E-state index in [0.717, 1.165) is 25.7 Å². The van der Waals surface area contributed by atoms with Crippen molar-refractivity contribution in [1.82, 2.24) is 10.6 Å². The highest BCUT2D eigenvalue weighted by atomic mass is 16.4. The molecule has 5 nitrogen and oxygen atoms in total. The quantitative estimate of drug-likeness (QED) is 0.701. The zero-order chi connectivity index (χ0) is 15.2. The van der Waals surface area contributed by atoms with Crippen LogP contribution in [-0.4, -0.2) is 29.7 Å². The summed E-state index contributed by atoms with van der Waals surface area (Å²) in [5, 5.41) is 15.1. The predicted octanol–water partition coefficient (Wildman–Crippen LogP) is 2.76. The molecule has 0 bridgehead atoms. The zero-order valence-electron chi connectivity index (χ0n) is 12.9. The number of aliphatic carboxylic acids is 1. The fourth-order valence-corrected chi connectivity index (χ4v) is 2.90. The van der Waals surface area contributed by atoms with E-state index in [1.54, 1.807) is 0 Å². The van der Waals surface area contributed by atoms with Crippen LogP contribution in [0.25, 0.3) is 0 Å².